The first-order chi connectivity index (χ1) is 18.5. The summed E-state index contributed by atoms with van der Waals surface area (Å²) in [6.07, 6.45) is 3.65. The van der Waals surface area contributed by atoms with Gasteiger partial charge in [0.1, 0.15) is 10.8 Å². The topological polar surface area (TPSA) is 77.5 Å². The normalized spacial score (nSPS) is 14.7. The zero-order valence-electron chi connectivity index (χ0n) is 22.0. The summed E-state index contributed by atoms with van der Waals surface area (Å²) in [6.45, 7) is 7.00. The second-order valence-electron chi connectivity index (χ2n) is 9.68. The molecule has 1 amide bonds. The van der Waals surface area contributed by atoms with Crippen molar-refractivity contribution in [3.05, 3.63) is 76.2 Å². The van der Waals surface area contributed by atoms with Gasteiger partial charge in [0.25, 0.3) is 5.91 Å². The quantitative estimate of drug-likeness (QED) is 0.243. The zero-order chi connectivity index (χ0) is 26.6. The van der Waals surface area contributed by atoms with E-state index in [9.17, 15) is 9.59 Å². The number of ether oxygens (including phenoxy) is 2. The van der Waals surface area contributed by atoms with Crippen LogP contribution in [-0.2, 0) is 17.6 Å². The summed E-state index contributed by atoms with van der Waals surface area (Å²) in [5.41, 5.74) is 4.30. The van der Waals surface area contributed by atoms with E-state index in [0.717, 1.165) is 58.3 Å². The number of anilines is 1. The number of nitrogens with zero attached hydrogens (tertiary/aromatic N) is 1. The summed E-state index contributed by atoms with van der Waals surface area (Å²) in [4.78, 5) is 32.8. The van der Waals surface area contributed by atoms with Crippen LogP contribution in [0.1, 0.15) is 64.8 Å². The average Bonchev–Trinajstić information content (AvgIpc) is 3.28. The molecule has 196 valence electrons. The molecule has 1 N–H and O–H groups in total. The molecule has 1 aliphatic rings. The highest BCUT2D eigenvalue weighted by molar-refractivity contribution is 7.17. The molecule has 7 heteroatoms. The van der Waals surface area contributed by atoms with E-state index in [2.05, 4.69) is 19.2 Å². The van der Waals surface area contributed by atoms with E-state index < -0.39 is 0 Å². The number of nitrogens with one attached hydrogen (secondary N) is 1. The summed E-state index contributed by atoms with van der Waals surface area (Å²) in [5.74, 6) is 0.658. The third-order valence-corrected chi connectivity index (χ3v) is 7.95. The fourth-order valence-electron chi connectivity index (χ4n) is 4.90. The van der Waals surface area contributed by atoms with Crippen molar-refractivity contribution in [3.8, 4) is 17.0 Å². The maximum atomic E-state index is 13.8. The second kappa shape index (κ2) is 11.4. The fraction of sp³-hybridized carbons (Fsp3) is 0.323. The van der Waals surface area contributed by atoms with Gasteiger partial charge in [-0.25, -0.2) is 9.78 Å². The van der Waals surface area contributed by atoms with Crippen LogP contribution in [0.3, 0.4) is 0 Å². The van der Waals surface area contributed by atoms with Crippen molar-refractivity contribution in [1.29, 1.82) is 0 Å². The summed E-state index contributed by atoms with van der Waals surface area (Å²) >= 11 is 1.49. The van der Waals surface area contributed by atoms with Crippen LogP contribution in [0.2, 0.25) is 0 Å². The first kappa shape index (κ1) is 25.9. The molecule has 0 bridgehead atoms. The molecular weight excluding hydrogens is 496 g/mol. The highest BCUT2D eigenvalue weighted by atomic mass is 32.1. The summed E-state index contributed by atoms with van der Waals surface area (Å²) in [7, 11) is 0. The van der Waals surface area contributed by atoms with Crippen LogP contribution in [0.5, 0.6) is 5.75 Å². The third kappa shape index (κ3) is 5.29. The molecule has 4 aromatic rings. The van der Waals surface area contributed by atoms with E-state index in [-0.39, 0.29) is 18.5 Å². The van der Waals surface area contributed by atoms with Crippen LogP contribution < -0.4 is 10.1 Å². The molecule has 0 saturated heterocycles. The molecule has 0 aliphatic heterocycles. The number of carbonyl (C=O) groups is 2. The Morgan fingerprint density at radius 1 is 1.11 bits per heavy atom. The molecule has 0 radical (unpaired) electrons. The van der Waals surface area contributed by atoms with E-state index in [4.69, 9.17) is 14.5 Å². The van der Waals surface area contributed by atoms with Gasteiger partial charge < -0.3 is 14.8 Å². The molecule has 1 atom stereocenters. The molecule has 1 aliphatic carbocycles. The van der Waals surface area contributed by atoms with Gasteiger partial charge in [-0.15, -0.1) is 11.3 Å². The van der Waals surface area contributed by atoms with Gasteiger partial charge in [0.2, 0.25) is 0 Å². The molecule has 0 saturated carbocycles. The average molecular weight is 529 g/mol. The Labute approximate surface area is 227 Å². The van der Waals surface area contributed by atoms with Gasteiger partial charge in [0.15, 0.2) is 0 Å². The van der Waals surface area contributed by atoms with Gasteiger partial charge in [0.05, 0.1) is 35.6 Å². The lowest BCUT2D eigenvalue weighted by Crippen LogP contribution is -2.17. The summed E-state index contributed by atoms with van der Waals surface area (Å²) in [6, 6.07) is 17.2. The monoisotopic (exact) mass is 528 g/mol. The van der Waals surface area contributed by atoms with E-state index in [0.29, 0.717) is 34.3 Å². The molecule has 0 fully saturated rings. The number of carbonyl (C=O) groups excluding carboxylic acids is 2. The smallest absolute Gasteiger partial charge is 0.341 e. The number of thiophene rings is 1. The Balaban J connectivity index is 1.55. The van der Waals surface area contributed by atoms with Crippen molar-refractivity contribution in [2.45, 2.75) is 46.5 Å². The molecule has 2 heterocycles. The number of fused-ring (bicyclic) bond motifs is 2. The molecule has 0 spiro atoms. The number of amides is 1. The third-order valence-electron chi connectivity index (χ3n) is 6.78. The lowest BCUT2D eigenvalue weighted by Gasteiger charge is -2.18. The van der Waals surface area contributed by atoms with Crippen LogP contribution in [0.25, 0.3) is 22.2 Å². The Bertz CT molecular complexity index is 1490. The number of aromatic nitrogens is 1. The van der Waals surface area contributed by atoms with E-state index >= 15 is 0 Å². The van der Waals surface area contributed by atoms with Gasteiger partial charge in [-0.3, -0.25) is 4.79 Å². The SMILES string of the molecule is CCCOc1cccc(-c2cc(C(=O)Nc3sc4c(c3C(=O)OCC)CCC(C)C4)c3ccccc3n2)c1. The van der Waals surface area contributed by atoms with Crippen LogP contribution in [0.4, 0.5) is 5.00 Å². The van der Waals surface area contributed by atoms with Crippen molar-refractivity contribution < 1.29 is 19.1 Å². The van der Waals surface area contributed by atoms with Gasteiger partial charge in [0, 0.05) is 15.8 Å². The largest absolute Gasteiger partial charge is 0.494 e. The van der Waals surface area contributed by atoms with Crippen LogP contribution in [0, 0.1) is 5.92 Å². The Morgan fingerprint density at radius 3 is 2.76 bits per heavy atom. The minimum atomic E-state index is -0.376. The van der Waals surface area contributed by atoms with Gasteiger partial charge in [-0.2, -0.15) is 0 Å². The van der Waals surface area contributed by atoms with Crippen molar-refractivity contribution in [1.82, 2.24) is 4.98 Å². The zero-order valence-corrected chi connectivity index (χ0v) is 22.8. The first-order valence-corrected chi connectivity index (χ1v) is 14.1. The van der Waals surface area contributed by atoms with Crippen LogP contribution >= 0.6 is 11.3 Å². The van der Waals surface area contributed by atoms with Crippen molar-refractivity contribution in [3.63, 3.8) is 0 Å². The van der Waals surface area contributed by atoms with Crippen molar-refractivity contribution in [2.24, 2.45) is 5.92 Å². The minimum Gasteiger partial charge on any atom is -0.494 e. The van der Waals surface area contributed by atoms with Gasteiger partial charge in [-0.05, 0) is 68.4 Å². The first-order valence-electron chi connectivity index (χ1n) is 13.2. The number of pyridine rings is 1. The lowest BCUT2D eigenvalue weighted by atomic mass is 9.88. The predicted molar refractivity (Wildman–Crippen MR) is 152 cm³/mol. The molecular formula is C31H32N2O4S. The van der Waals surface area contributed by atoms with Crippen molar-refractivity contribution in [2.75, 3.05) is 18.5 Å². The highest BCUT2D eigenvalue weighted by Crippen LogP contribution is 2.40. The molecule has 5 rings (SSSR count). The second-order valence-corrected chi connectivity index (χ2v) is 10.8. The molecule has 2 aromatic heterocycles. The standard InChI is InChI=1S/C31H32N2O4S/c1-4-15-37-21-10-8-9-20(17-21)26-18-24(22-11-6-7-12-25(22)32-26)29(34)33-30-28(31(35)36-5-2)23-14-13-19(3)16-27(23)38-30/h6-12,17-19H,4-5,13-16H2,1-3H3,(H,33,34). The minimum absolute atomic E-state index is 0.277. The van der Waals surface area contributed by atoms with Crippen molar-refractivity contribution >= 4 is 39.1 Å². The van der Waals surface area contributed by atoms with Gasteiger partial charge >= 0.3 is 5.97 Å². The maximum absolute atomic E-state index is 13.8. The van der Waals surface area contributed by atoms with Gasteiger partial charge in [-0.1, -0.05) is 44.2 Å². The van der Waals surface area contributed by atoms with E-state index in [1.54, 1.807) is 6.92 Å². The van der Waals surface area contributed by atoms with E-state index in [1.807, 2.05) is 54.6 Å². The fourth-order valence-corrected chi connectivity index (χ4v) is 6.30. The van der Waals surface area contributed by atoms with E-state index in [1.165, 1.54) is 11.3 Å². The highest BCUT2D eigenvalue weighted by Gasteiger charge is 2.29. The number of hydrogen-bond donors (Lipinski definition) is 1. The number of hydrogen-bond acceptors (Lipinski definition) is 6. The Hall–Kier alpha value is -3.71. The number of esters is 1. The molecule has 6 nitrogen and oxygen atoms in total. The number of rotatable bonds is 8. The molecule has 38 heavy (non-hydrogen) atoms. The van der Waals surface area contributed by atoms with Crippen LogP contribution in [0.15, 0.2) is 54.6 Å². The number of benzene rings is 2. The summed E-state index contributed by atoms with van der Waals surface area (Å²) in [5, 5.41) is 4.38. The lowest BCUT2D eigenvalue weighted by molar-refractivity contribution is 0.0526. The number of para-hydroxylation sites is 1. The summed E-state index contributed by atoms with van der Waals surface area (Å²) < 4.78 is 11.2. The molecule has 1 unspecified atom stereocenters. The predicted octanol–water partition coefficient (Wildman–Crippen LogP) is 7.31. The van der Waals surface area contributed by atoms with Crippen LogP contribution in [-0.4, -0.2) is 30.1 Å². The Kier molecular flexibility index (Phi) is 7.74. The molecule has 2 aromatic carbocycles. The Morgan fingerprint density at radius 2 is 1.95 bits per heavy atom. The maximum Gasteiger partial charge on any atom is 0.341 e.